The normalized spacial score (nSPS) is 21.6. The predicted molar refractivity (Wildman–Crippen MR) is 112 cm³/mol. The van der Waals surface area contributed by atoms with E-state index in [1.165, 1.54) is 36.8 Å². The summed E-state index contributed by atoms with van der Waals surface area (Å²) in [5.74, 6) is 1.48. The van der Waals surface area contributed by atoms with Gasteiger partial charge in [-0.15, -0.1) is 0 Å². The van der Waals surface area contributed by atoms with Crippen LogP contribution in [0.25, 0.3) is 0 Å². The van der Waals surface area contributed by atoms with Crippen molar-refractivity contribution in [1.29, 1.82) is 0 Å². The van der Waals surface area contributed by atoms with Crippen LogP contribution < -0.4 is 0 Å². The van der Waals surface area contributed by atoms with Crippen LogP contribution in [0.3, 0.4) is 0 Å². The maximum absolute atomic E-state index is 4.85. The van der Waals surface area contributed by atoms with Gasteiger partial charge in [0.25, 0.3) is 0 Å². The largest absolute Gasteiger partial charge is 0.289 e. The lowest BCUT2D eigenvalue weighted by Gasteiger charge is -2.26. The average Bonchev–Trinajstić information content (AvgIpc) is 2.72. The Balaban J connectivity index is 1.44. The Morgan fingerprint density at radius 1 is 0.654 bits per heavy atom. The minimum Gasteiger partial charge on any atom is -0.289 e. The lowest BCUT2D eigenvalue weighted by atomic mass is 9.82. The van der Waals surface area contributed by atoms with Gasteiger partial charge in [-0.05, 0) is 62.5 Å². The molecule has 136 valence electrons. The van der Waals surface area contributed by atoms with Crippen LogP contribution in [-0.4, -0.2) is 24.5 Å². The summed E-state index contributed by atoms with van der Waals surface area (Å²) in [4.78, 5) is 9.69. The molecule has 2 nitrogen and oxygen atoms in total. The fourth-order valence-corrected chi connectivity index (χ4v) is 3.67. The highest BCUT2D eigenvalue weighted by Crippen LogP contribution is 2.29. The molecule has 0 bridgehead atoms. The summed E-state index contributed by atoms with van der Waals surface area (Å²) in [7, 11) is 0. The quantitative estimate of drug-likeness (QED) is 0.590. The van der Waals surface area contributed by atoms with Crippen molar-refractivity contribution in [1.82, 2.24) is 0 Å². The van der Waals surface area contributed by atoms with Gasteiger partial charge in [0, 0.05) is 24.5 Å². The Labute approximate surface area is 158 Å². The first-order chi connectivity index (χ1) is 12.7. The van der Waals surface area contributed by atoms with Gasteiger partial charge in [0.1, 0.15) is 0 Å². The molecule has 2 aromatic carbocycles. The van der Waals surface area contributed by atoms with Gasteiger partial charge in [0.05, 0.1) is 0 Å². The van der Waals surface area contributed by atoms with Gasteiger partial charge in [-0.2, -0.15) is 0 Å². The summed E-state index contributed by atoms with van der Waals surface area (Å²) in [6, 6.07) is 21.0. The van der Waals surface area contributed by atoms with Crippen LogP contribution in [0, 0.1) is 11.8 Å². The number of hydrogen-bond acceptors (Lipinski definition) is 2. The molecule has 0 radical (unpaired) electrons. The minimum absolute atomic E-state index is 0.740. The zero-order chi connectivity index (χ0) is 18.2. The SMILES string of the molecule is C/C(=N\CC1CCC(C/N=C(\C)c2ccccc2)CC1)c1ccccc1. The standard InChI is InChI=1S/C24H30N2/c1-19(23-9-5-3-6-10-23)25-17-21-13-15-22(16-14-21)18-26-20(2)24-11-7-4-8-12-24/h3-12,21-22H,13-18H2,1-2H3/b25-19+,26-20+. The highest BCUT2D eigenvalue weighted by Gasteiger charge is 2.20. The Morgan fingerprint density at radius 3 is 1.35 bits per heavy atom. The fraction of sp³-hybridized carbons (Fsp3) is 0.417. The average molecular weight is 347 g/mol. The van der Waals surface area contributed by atoms with Gasteiger partial charge >= 0.3 is 0 Å². The Bertz CT molecular complexity index is 658. The smallest absolute Gasteiger partial charge is 0.0420 e. The molecule has 0 aromatic heterocycles. The number of hydrogen-bond donors (Lipinski definition) is 0. The summed E-state index contributed by atoms with van der Waals surface area (Å²) in [6.45, 7) is 6.20. The van der Waals surface area contributed by atoms with Gasteiger partial charge < -0.3 is 0 Å². The molecule has 2 aromatic rings. The summed E-state index contributed by atoms with van der Waals surface area (Å²) >= 11 is 0. The maximum atomic E-state index is 4.85. The van der Waals surface area contributed by atoms with Crippen molar-refractivity contribution >= 4 is 11.4 Å². The van der Waals surface area contributed by atoms with Crippen molar-refractivity contribution in [3.05, 3.63) is 71.8 Å². The lowest BCUT2D eigenvalue weighted by molar-refractivity contribution is 0.286. The van der Waals surface area contributed by atoms with Crippen molar-refractivity contribution in [3.8, 4) is 0 Å². The molecule has 0 saturated heterocycles. The number of rotatable bonds is 6. The summed E-state index contributed by atoms with van der Waals surface area (Å²) < 4.78 is 0. The van der Waals surface area contributed by atoms with Crippen molar-refractivity contribution < 1.29 is 0 Å². The number of nitrogens with zero attached hydrogens (tertiary/aromatic N) is 2. The van der Waals surface area contributed by atoms with Crippen LogP contribution in [0.1, 0.15) is 50.7 Å². The number of aliphatic imine (C=N–C) groups is 2. The lowest BCUT2D eigenvalue weighted by Crippen LogP contribution is -2.19. The van der Waals surface area contributed by atoms with Crippen molar-refractivity contribution in [2.45, 2.75) is 39.5 Å². The van der Waals surface area contributed by atoms with E-state index >= 15 is 0 Å². The second-order valence-electron chi connectivity index (χ2n) is 7.47. The molecule has 26 heavy (non-hydrogen) atoms. The molecule has 0 aliphatic heterocycles. The molecular formula is C24H30N2. The van der Waals surface area contributed by atoms with Crippen LogP contribution in [0.2, 0.25) is 0 Å². The molecule has 0 atom stereocenters. The van der Waals surface area contributed by atoms with Crippen LogP contribution in [0.4, 0.5) is 0 Å². The second-order valence-corrected chi connectivity index (χ2v) is 7.47. The Hall–Kier alpha value is -2.22. The summed E-state index contributed by atoms with van der Waals surface area (Å²) in [6.07, 6.45) is 5.15. The molecule has 1 saturated carbocycles. The zero-order valence-corrected chi connectivity index (χ0v) is 16.1. The maximum Gasteiger partial charge on any atom is 0.0420 e. The van der Waals surface area contributed by atoms with Gasteiger partial charge in [0.2, 0.25) is 0 Å². The fourth-order valence-electron chi connectivity index (χ4n) is 3.67. The molecule has 0 spiro atoms. The van der Waals surface area contributed by atoms with Crippen LogP contribution in [0.15, 0.2) is 70.6 Å². The molecule has 0 amide bonds. The molecule has 1 aliphatic carbocycles. The van der Waals surface area contributed by atoms with Gasteiger partial charge in [-0.1, -0.05) is 60.7 Å². The van der Waals surface area contributed by atoms with Crippen LogP contribution in [0.5, 0.6) is 0 Å². The number of benzene rings is 2. The van der Waals surface area contributed by atoms with E-state index in [1.54, 1.807) is 0 Å². The third-order valence-electron chi connectivity index (χ3n) is 5.52. The first-order valence-corrected chi connectivity index (χ1v) is 9.85. The third-order valence-corrected chi connectivity index (χ3v) is 5.52. The van der Waals surface area contributed by atoms with Crippen LogP contribution >= 0.6 is 0 Å². The predicted octanol–water partition coefficient (Wildman–Crippen LogP) is 5.81. The van der Waals surface area contributed by atoms with E-state index in [2.05, 4.69) is 74.5 Å². The molecule has 2 heteroatoms. The second kappa shape index (κ2) is 9.47. The molecule has 0 heterocycles. The Morgan fingerprint density at radius 2 is 1.00 bits per heavy atom. The zero-order valence-electron chi connectivity index (χ0n) is 16.1. The molecular weight excluding hydrogens is 316 g/mol. The molecule has 1 fully saturated rings. The first-order valence-electron chi connectivity index (χ1n) is 9.85. The van der Waals surface area contributed by atoms with Gasteiger partial charge in [0.15, 0.2) is 0 Å². The van der Waals surface area contributed by atoms with E-state index in [0.29, 0.717) is 0 Å². The topological polar surface area (TPSA) is 24.7 Å². The van der Waals surface area contributed by atoms with Crippen molar-refractivity contribution in [2.24, 2.45) is 21.8 Å². The molecule has 0 N–H and O–H groups in total. The van der Waals surface area contributed by atoms with E-state index in [9.17, 15) is 0 Å². The third kappa shape index (κ3) is 5.39. The van der Waals surface area contributed by atoms with Crippen molar-refractivity contribution in [2.75, 3.05) is 13.1 Å². The molecule has 0 unspecified atom stereocenters. The van der Waals surface area contributed by atoms with Crippen LogP contribution in [-0.2, 0) is 0 Å². The van der Waals surface area contributed by atoms with Gasteiger partial charge in [-0.3, -0.25) is 9.98 Å². The van der Waals surface area contributed by atoms with E-state index in [4.69, 9.17) is 9.98 Å². The highest BCUT2D eigenvalue weighted by atomic mass is 14.8. The van der Waals surface area contributed by atoms with E-state index in [0.717, 1.165) is 36.3 Å². The molecule has 3 rings (SSSR count). The van der Waals surface area contributed by atoms with Crippen molar-refractivity contribution in [3.63, 3.8) is 0 Å². The summed E-state index contributed by atoms with van der Waals surface area (Å²) in [5, 5.41) is 0. The minimum atomic E-state index is 0.740. The first kappa shape index (κ1) is 18.6. The highest BCUT2D eigenvalue weighted by molar-refractivity contribution is 5.99. The monoisotopic (exact) mass is 346 g/mol. The summed E-state index contributed by atoms with van der Waals surface area (Å²) in [5.41, 5.74) is 4.81. The van der Waals surface area contributed by atoms with E-state index < -0.39 is 0 Å². The molecule has 1 aliphatic rings. The van der Waals surface area contributed by atoms with Gasteiger partial charge in [-0.25, -0.2) is 0 Å². The van der Waals surface area contributed by atoms with E-state index in [-0.39, 0.29) is 0 Å². The Kier molecular flexibility index (Phi) is 6.76. The van der Waals surface area contributed by atoms with E-state index in [1.807, 2.05) is 0 Å².